The van der Waals surface area contributed by atoms with Gasteiger partial charge in [0.05, 0.1) is 0 Å². The van der Waals surface area contributed by atoms with E-state index in [1.807, 2.05) is 54.1 Å². The van der Waals surface area contributed by atoms with Crippen LogP contribution in [0.2, 0.25) is 0 Å². The summed E-state index contributed by atoms with van der Waals surface area (Å²) in [6.45, 7) is 4.59. The molecule has 0 saturated heterocycles. The van der Waals surface area contributed by atoms with Gasteiger partial charge in [-0.15, -0.1) is 11.3 Å². The molecule has 3 heterocycles. The highest BCUT2D eigenvalue weighted by molar-refractivity contribution is 7.26. The number of thiophene rings is 1. The maximum absolute atomic E-state index is 5.21. The molecule has 10 aromatic rings. The van der Waals surface area contributed by atoms with E-state index in [0.29, 0.717) is 17.5 Å². The summed E-state index contributed by atoms with van der Waals surface area (Å²) in [4.78, 5) is 19.6. The van der Waals surface area contributed by atoms with Crippen LogP contribution >= 0.6 is 11.3 Å². The van der Waals surface area contributed by atoms with E-state index >= 15 is 0 Å². The highest BCUT2D eigenvalue weighted by Crippen LogP contribution is 2.45. The van der Waals surface area contributed by atoms with Crippen LogP contribution in [-0.2, 0) is 12.8 Å². The lowest BCUT2D eigenvalue weighted by Crippen LogP contribution is -2.00. The lowest BCUT2D eigenvalue weighted by Gasteiger charge is -2.17. The van der Waals surface area contributed by atoms with Crippen molar-refractivity contribution in [1.82, 2.24) is 19.9 Å². The Kier molecular flexibility index (Phi) is 9.24. The Hall–Kier alpha value is -6.30. The minimum Gasteiger partial charge on any atom is -0.265 e. The Bertz CT molecular complexity index is 3080. The van der Waals surface area contributed by atoms with Crippen LogP contribution < -0.4 is 0 Å². The molecular weight excluding hydrogens is 713 g/mol. The molecule has 0 aliphatic carbocycles. The molecule has 0 N–H and O–H groups in total. The van der Waals surface area contributed by atoms with Gasteiger partial charge < -0.3 is 0 Å². The van der Waals surface area contributed by atoms with E-state index in [1.165, 1.54) is 89.3 Å². The van der Waals surface area contributed by atoms with Crippen molar-refractivity contribution in [2.75, 3.05) is 0 Å². The van der Waals surface area contributed by atoms with Crippen molar-refractivity contribution in [2.24, 2.45) is 0 Å². The topological polar surface area (TPSA) is 51.6 Å². The van der Waals surface area contributed by atoms with Gasteiger partial charge in [-0.1, -0.05) is 136 Å². The van der Waals surface area contributed by atoms with Crippen LogP contribution in [0.1, 0.15) is 50.7 Å². The lowest BCUT2D eigenvalue weighted by atomic mass is 9.87. The third-order valence-electron chi connectivity index (χ3n) is 11.4. The molecule has 57 heavy (non-hydrogen) atoms. The first-order valence-corrected chi connectivity index (χ1v) is 21.1. The molecule has 0 saturated carbocycles. The van der Waals surface area contributed by atoms with Crippen LogP contribution in [0, 0.1) is 0 Å². The molecule has 3 aromatic heterocycles. The van der Waals surface area contributed by atoms with E-state index in [1.54, 1.807) is 0 Å². The molecule has 0 atom stereocenters. The number of fused-ring (bicyclic) bond motifs is 10. The fourth-order valence-corrected chi connectivity index (χ4v) is 9.71. The fourth-order valence-electron chi connectivity index (χ4n) is 8.45. The zero-order chi connectivity index (χ0) is 38.3. The molecule has 0 aliphatic heterocycles. The fraction of sp³-hybridized carbons (Fsp3) is 0.154. The smallest absolute Gasteiger partial charge is 0.164 e. The van der Waals surface area contributed by atoms with Gasteiger partial charge >= 0.3 is 0 Å². The number of nitrogens with zero attached hydrogens (tertiary/aromatic N) is 4. The second-order valence-corrected chi connectivity index (χ2v) is 16.1. The first kappa shape index (κ1) is 35.1. The molecule has 0 spiro atoms. The average molecular weight is 755 g/mol. The highest BCUT2D eigenvalue weighted by atomic mass is 32.1. The second kappa shape index (κ2) is 15.0. The molecule has 276 valence electrons. The molecule has 5 heteroatoms. The first-order valence-electron chi connectivity index (χ1n) is 20.2. The van der Waals surface area contributed by atoms with Crippen molar-refractivity contribution in [3.05, 3.63) is 157 Å². The van der Waals surface area contributed by atoms with Gasteiger partial charge in [-0.05, 0) is 99.1 Å². The highest BCUT2D eigenvalue weighted by Gasteiger charge is 2.19. The summed E-state index contributed by atoms with van der Waals surface area (Å²) >= 11 is 1.91. The summed E-state index contributed by atoms with van der Waals surface area (Å²) < 4.78 is 2.67. The number of hydrogen-bond acceptors (Lipinski definition) is 5. The van der Waals surface area contributed by atoms with Crippen LogP contribution in [0.5, 0.6) is 0 Å². The van der Waals surface area contributed by atoms with Gasteiger partial charge in [-0.25, -0.2) is 15.0 Å². The molecule has 10 rings (SSSR count). The van der Waals surface area contributed by atoms with Crippen LogP contribution in [0.15, 0.2) is 146 Å². The summed E-state index contributed by atoms with van der Waals surface area (Å²) in [6, 6.07) is 48.3. The molecule has 0 fully saturated rings. The van der Waals surface area contributed by atoms with E-state index in [0.717, 1.165) is 40.7 Å². The van der Waals surface area contributed by atoms with Crippen molar-refractivity contribution in [3.8, 4) is 45.3 Å². The molecule has 4 nitrogen and oxygen atoms in total. The Balaban J connectivity index is 1.22. The molecule has 0 aliphatic rings. The summed E-state index contributed by atoms with van der Waals surface area (Å²) in [5.41, 5.74) is 8.10. The van der Waals surface area contributed by atoms with Gasteiger partial charge in [0.1, 0.15) is 0 Å². The zero-order valence-electron chi connectivity index (χ0n) is 32.3. The van der Waals surface area contributed by atoms with Crippen LogP contribution in [-0.4, -0.2) is 19.9 Å². The van der Waals surface area contributed by atoms with Crippen LogP contribution in [0.4, 0.5) is 0 Å². The molecule has 0 bridgehead atoms. The molecule has 7 aromatic carbocycles. The Morgan fingerprint density at radius 3 is 1.61 bits per heavy atom. The average Bonchev–Trinajstić information content (AvgIpc) is 3.67. The predicted octanol–water partition coefficient (Wildman–Crippen LogP) is 14.4. The van der Waals surface area contributed by atoms with Gasteiger partial charge in [-0.2, -0.15) is 0 Å². The molecular formula is C52H42N4S. The predicted molar refractivity (Wildman–Crippen MR) is 242 cm³/mol. The van der Waals surface area contributed by atoms with Gasteiger partial charge in [-0.3, -0.25) is 4.98 Å². The number of aryl methyl sites for hydroxylation is 2. The van der Waals surface area contributed by atoms with Crippen molar-refractivity contribution < 1.29 is 0 Å². The maximum atomic E-state index is 5.21. The zero-order valence-corrected chi connectivity index (χ0v) is 33.1. The Labute approximate surface area is 337 Å². The summed E-state index contributed by atoms with van der Waals surface area (Å²) in [6.07, 6.45) is 10.6. The van der Waals surface area contributed by atoms with E-state index in [-0.39, 0.29) is 0 Å². The molecule has 0 unspecified atom stereocenters. The number of benzene rings is 7. The summed E-state index contributed by atoms with van der Waals surface area (Å²) in [7, 11) is 0. The maximum Gasteiger partial charge on any atom is 0.164 e. The van der Waals surface area contributed by atoms with Crippen molar-refractivity contribution in [1.29, 1.82) is 0 Å². The number of pyridine rings is 1. The Morgan fingerprint density at radius 1 is 0.421 bits per heavy atom. The summed E-state index contributed by atoms with van der Waals surface area (Å²) in [5.74, 6) is 1.97. The largest absolute Gasteiger partial charge is 0.265 e. The van der Waals surface area contributed by atoms with E-state index in [2.05, 4.69) is 122 Å². The number of unbranched alkanes of at least 4 members (excludes halogenated alkanes) is 2. The monoisotopic (exact) mass is 754 g/mol. The Morgan fingerprint density at radius 2 is 0.930 bits per heavy atom. The minimum atomic E-state index is 0.651. The molecule has 0 radical (unpaired) electrons. The lowest BCUT2D eigenvalue weighted by molar-refractivity contribution is 0.759. The van der Waals surface area contributed by atoms with Gasteiger partial charge in [0, 0.05) is 54.6 Å². The van der Waals surface area contributed by atoms with Gasteiger partial charge in [0.25, 0.3) is 0 Å². The molecule has 0 amide bonds. The van der Waals surface area contributed by atoms with E-state index < -0.39 is 0 Å². The van der Waals surface area contributed by atoms with Gasteiger partial charge in [0.15, 0.2) is 17.5 Å². The van der Waals surface area contributed by atoms with E-state index in [4.69, 9.17) is 15.0 Å². The van der Waals surface area contributed by atoms with E-state index in [9.17, 15) is 0 Å². The summed E-state index contributed by atoms with van der Waals surface area (Å²) in [5, 5.41) is 10.4. The third-order valence-corrected chi connectivity index (χ3v) is 12.6. The number of aromatic nitrogens is 4. The van der Waals surface area contributed by atoms with Crippen molar-refractivity contribution in [3.63, 3.8) is 0 Å². The van der Waals surface area contributed by atoms with Crippen LogP contribution in [0.3, 0.4) is 0 Å². The standard InChI is InChI=1S/C52H42N4S/c1-3-5-12-37-30-44-42-24-25-43-40-16-10-11-17-47(40)57-49(43)48(42)41-23-22-39(32-45(41)46(44)31-38(37)13-6-4-2)52-55-50(35-14-8-7-9-15-35)54-51(56-52)36-20-18-33(19-21-36)34-26-28-53-29-27-34/h7-11,14-32H,3-6,12-13H2,1-2H3. The first-order chi connectivity index (χ1) is 28.2. The van der Waals surface area contributed by atoms with Gasteiger partial charge in [0.2, 0.25) is 0 Å². The number of rotatable bonds is 10. The second-order valence-electron chi connectivity index (χ2n) is 15.1. The van der Waals surface area contributed by atoms with Crippen molar-refractivity contribution >= 4 is 63.8 Å². The normalized spacial score (nSPS) is 11.8. The van der Waals surface area contributed by atoms with Crippen molar-refractivity contribution in [2.45, 2.75) is 52.4 Å². The SMILES string of the molecule is CCCCc1cc2c3cc(-c4nc(-c5ccccc5)nc(-c5ccc(-c6ccncc6)cc5)n4)ccc3c3c(ccc4c5ccccc5sc43)c2cc1CCCC. The minimum absolute atomic E-state index is 0.651. The number of hydrogen-bond donors (Lipinski definition) is 0. The quantitative estimate of drug-likeness (QED) is 0.130. The third kappa shape index (κ3) is 6.42. The van der Waals surface area contributed by atoms with Crippen LogP contribution in [0.25, 0.3) is 97.8 Å².